The quantitative estimate of drug-likeness (QED) is 0.599. The summed E-state index contributed by atoms with van der Waals surface area (Å²) in [6.45, 7) is 0.497. The molecule has 0 saturated heterocycles. The fraction of sp³-hybridized carbons (Fsp3) is 0.235. The van der Waals surface area contributed by atoms with Gasteiger partial charge in [0.25, 0.3) is 0 Å². The van der Waals surface area contributed by atoms with Crippen molar-refractivity contribution in [1.82, 2.24) is 15.0 Å². The maximum atomic E-state index is 13.7. The topological polar surface area (TPSA) is 71.3 Å². The first-order valence-electron chi connectivity index (χ1n) is 8.24. The summed E-state index contributed by atoms with van der Waals surface area (Å²) in [5, 5.41) is 5.74. The van der Waals surface area contributed by atoms with Crippen LogP contribution < -0.4 is 5.32 Å². The molecule has 1 aliphatic heterocycles. The van der Waals surface area contributed by atoms with E-state index < -0.39 is 29.7 Å². The van der Waals surface area contributed by atoms with Crippen LogP contribution >= 0.6 is 11.3 Å². The summed E-state index contributed by atoms with van der Waals surface area (Å²) in [7, 11) is 0. The third kappa shape index (κ3) is 3.92. The van der Waals surface area contributed by atoms with E-state index in [1.54, 1.807) is 6.07 Å². The van der Waals surface area contributed by atoms with Gasteiger partial charge >= 0.3 is 18.1 Å². The number of anilines is 1. The Morgan fingerprint density at radius 3 is 2.72 bits per heavy atom. The van der Waals surface area contributed by atoms with Crippen LogP contribution in [0.5, 0.6) is 0 Å². The number of benzene rings is 1. The van der Waals surface area contributed by atoms with Crippen molar-refractivity contribution in [2.75, 3.05) is 11.9 Å². The number of urea groups is 1. The number of fused-ring (bicyclic) bond motifs is 1. The number of rotatable bonds is 2. The molecule has 4 rings (SSSR count). The zero-order valence-corrected chi connectivity index (χ0v) is 15.2. The van der Waals surface area contributed by atoms with Crippen LogP contribution in [0.2, 0.25) is 0 Å². The summed E-state index contributed by atoms with van der Waals surface area (Å²) in [5.74, 6) is -3.27. The highest BCUT2D eigenvalue weighted by atomic mass is 32.1. The summed E-state index contributed by atoms with van der Waals surface area (Å²) in [5.41, 5.74) is 0.709. The van der Waals surface area contributed by atoms with E-state index in [4.69, 9.17) is 0 Å². The number of thiophene rings is 1. The van der Waals surface area contributed by atoms with Gasteiger partial charge in [-0.1, -0.05) is 5.16 Å². The average Bonchev–Trinajstić information content (AvgIpc) is 3.29. The second-order valence-corrected chi connectivity index (χ2v) is 7.34. The molecule has 1 aromatic carbocycles. The van der Waals surface area contributed by atoms with Crippen LogP contribution in [0.1, 0.15) is 16.3 Å². The lowest BCUT2D eigenvalue weighted by atomic mass is 10.1. The Hall–Kier alpha value is -3.02. The van der Waals surface area contributed by atoms with Crippen LogP contribution in [0, 0.1) is 11.6 Å². The van der Waals surface area contributed by atoms with E-state index in [2.05, 4.69) is 20.0 Å². The fourth-order valence-electron chi connectivity index (χ4n) is 2.83. The minimum atomic E-state index is -4.73. The highest BCUT2D eigenvalue weighted by Gasteiger charge is 2.38. The van der Waals surface area contributed by atoms with Crippen LogP contribution in [0.4, 0.5) is 32.4 Å². The molecule has 0 unspecified atom stereocenters. The van der Waals surface area contributed by atoms with E-state index in [0.717, 1.165) is 33.9 Å². The highest BCUT2D eigenvalue weighted by Crippen LogP contribution is 2.35. The molecular weight excluding hydrogens is 419 g/mol. The van der Waals surface area contributed by atoms with Crippen molar-refractivity contribution in [2.24, 2.45) is 0 Å². The third-order valence-electron chi connectivity index (χ3n) is 4.23. The van der Waals surface area contributed by atoms with Gasteiger partial charge in [0.05, 0.1) is 17.1 Å². The number of halogens is 5. The average molecular weight is 430 g/mol. The van der Waals surface area contributed by atoms with Gasteiger partial charge in [0.1, 0.15) is 11.6 Å². The number of carbonyl (C=O) groups is 1. The van der Waals surface area contributed by atoms with Crippen molar-refractivity contribution in [1.29, 1.82) is 0 Å². The van der Waals surface area contributed by atoms with Crippen LogP contribution in [-0.2, 0) is 19.1 Å². The summed E-state index contributed by atoms with van der Waals surface area (Å²) >= 11 is 1.15. The molecular formula is C17H11F5N4O2S. The number of nitrogens with zero attached hydrogens (tertiary/aromatic N) is 3. The standard InChI is InChI=1S/C17H11F5N4O2S/c18-9-1-2-11(10(19)6-9)23-16(27)26-4-3-8-5-12(29-13(8)7-26)14-24-15(28-25-14)17(20,21)22/h1-2,5-6H,3-4,7H2,(H,23,27). The van der Waals surface area contributed by atoms with Gasteiger partial charge < -0.3 is 14.7 Å². The molecule has 152 valence electrons. The van der Waals surface area contributed by atoms with E-state index in [0.29, 0.717) is 23.9 Å². The second kappa shape index (κ2) is 7.10. The zero-order valence-electron chi connectivity index (χ0n) is 14.4. The molecule has 0 bridgehead atoms. The zero-order chi connectivity index (χ0) is 20.8. The molecule has 0 saturated carbocycles. The van der Waals surface area contributed by atoms with Gasteiger partial charge in [-0.25, -0.2) is 13.6 Å². The SMILES string of the molecule is O=C(Nc1ccc(F)cc1F)N1CCc2cc(-c3noc(C(F)(F)F)n3)sc2C1. The van der Waals surface area contributed by atoms with Crippen molar-refractivity contribution in [3.05, 3.63) is 52.2 Å². The number of amides is 2. The van der Waals surface area contributed by atoms with Crippen LogP contribution in [0.25, 0.3) is 10.7 Å². The normalized spacial score (nSPS) is 14.0. The van der Waals surface area contributed by atoms with Crippen LogP contribution in [0.15, 0.2) is 28.8 Å². The summed E-state index contributed by atoms with van der Waals surface area (Å²) in [4.78, 5) is 18.3. The van der Waals surface area contributed by atoms with E-state index in [1.165, 1.54) is 4.90 Å². The van der Waals surface area contributed by atoms with Crippen molar-refractivity contribution in [2.45, 2.75) is 19.1 Å². The van der Waals surface area contributed by atoms with Gasteiger partial charge in [-0.2, -0.15) is 18.2 Å². The monoisotopic (exact) mass is 430 g/mol. The molecule has 2 amide bonds. The molecule has 0 atom stereocenters. The Labute approximate surface area is 163 Å². The molecule has 3 aromatic rings. The van der Waals surface area contributed by atoms with Gasteiger partial charge in [-0.05, 0) is 30.2 Å². The Kier molecular flexibility index (Phi) is 4.73. The highest BCUT2D eigenvalue weighted by molar-refractivity contribution is 7.15. The van der Waals surface area contributed by atoms with E-state index >= 15 is 0 Å². The van der Waals surface area contributed by atoms with Gasteiger partial charge in [0, 0.05) is 17.5 Å². The van der Waals surface area contributed by atoms with Crippen molar-refractivity contribution in [3.8, 4) is 10.7 Å². The first-order valence-corrected chi connectivity index (χ1v) is 9.06. The molecule has 3 heterocycles. The lowest BCUT2D eigenvalue weighted by Crippen LogP contribution is -2.38. The minimum absolute atomic E-state index is 0.152. The minimum Gasteiger partial charge on any atom is -0.329 e. The molecule has 1 aliphatic rings. The van der Waals surface area contributed by atoms with Crippen LogP contribution in [0.3, 0.4) is 0 Å². The molecule has 0 spiro atoms. The fourth-order valence-corrected chi connectivity index (χ4v) is 3.98. The van der Waals surface area contributed by atoms with Crippen molar-refractivity contribution in [3.63, 3.8) is 0 Å². The molecule has 0 fully saturated rings. The van der Waals surface area contributed by atoms with E-state index in [1.807, 2.05) is 0 Å². The van der Waals surface area contributed by atoms with Gasteiger partial charge in [0.15, 0.2) is 0 Å². The predicted molar refractivity (Wildman–Crippen MR) is 92.1 cm³/mol. The van der Waals surface area contributed by atoms with Crippen molar-refractivity contribution >= 4 is 23.1 Å². The number of aromatic nitrogens is 2. The lowest BCUT2D eigenvalue weighted by Gasteiger charge is -2.27. The summed E-state index contributed by atoms with van der Waals surface area (Å²) < 4.78 is 68.8. The molecule has 29 heavy (non-hydrogen) atoms. The Balaban J connectivity index is 1.49. The molecule has 12 heteroatoms. The van der Waals surface area contributed by atoms with E-state index in [9.17, 15) is 26.7 Å². The Morgan fingerprint density at radius 2 is 2.03 bits per heavy atom. The second-order valence-electron chi connectivity index (χ2n) is 6.21. The van der Waals surface area contributed by atoms with Crippen LogP contribution in [-0.4, -0.2) is 27.6 Å². The molecule has 2 aromatic heterocycles. The number of hydrogen-bond donors (Lipinski definition) is 1. The number of hydrogen-bond acceptors (Lipinski definition) is 5. The summed E-state index contributed by atoms with van der Waals surface area (Å²) in [6, 6.07) is 3.90. The largest absolute Gasteiger partial charge is 0.471 e. The third-order valence-corrected chi connectivity index (χ3v) is 5.39. The molecule has 6 nitrogen and oxygen atoms in total. The first-order chi connectivity index (χ1) is 13.7. The Morgan fingerprint density at radius 1 is 1.24 bits per heavy atom. The molecule has 0 aliphatic carbocycles. The predicted octanol–water partition coefficient (Wildman–Crippen LogP) is 4.69. The number of nitrogens with one attached hydrogen (secondary N) is 1. The van der Waals surface area contributed by atoms with E-state index in [-0.39, 0.29) is 18.1 Å². The smallest absolute Gasteiger partial charge is 0.329 e. The van der Waals surface area contributed by atoms with Gasteiger partial charge in [-0.15, -0.1) is 11.3 Å². The molecule has 1 N–H and O–H groups in total. The van der Waals surface area contributed by atoms with Crippen molar-refractivity contribution < 1.29 is 31.3 Å². The molecule has 0 radical (unpaired) electrons. The Bertz CT molecular complexity index is 1080. The number of alkyl halides is 3. The number of carbonyl (C=O) groups excluding carboxylic acids is 1. The maximum absolute atomic E-state index is 13.7. The van der Waals surface area contributed by atoms with Gasteiger partial charge in [0.2, 0.25) is 5.82 Å². The lowest BCUT2D eigenvalue weighted by molar-refractivity contribution is -0.159. The van der Waals surface area contributed by atoms with Gasteiger partial charge in [-0.3, -0.25) is 0 Å². The summed E-state index contributed by atoms with van der Waals surface area (Å²) in [6.07, 6.45) is -4.28. The first kappa shape index (κ1) is 19.3. The maximum Gasteiger partial charge on any atom is 0.471 e.